The smallest absolute Gasteiger partial charge is 0.320 e. The predicted molar refractivity (Wildman–Crippen MR) is 98.2 cm³/mol. The lowest BCUT2D eigenvalue weighted by Crippen LogP contribution is -2.32. The lowest BCUT2D eigenvalue weighted by Gasteiger charge is -2.06. The molecule has 0 aliphatic rings. The first-order valence-corrected chi connectivity index (χ1v) is 7.99. The predicted octanol–water partition coefficient (Wildman–Crippen LogP) is 0.104. The molecule has 10 N–H and O–H groups in total. The first-order valence-electron chi connectivity index (χ1n) is 7.99. The number of phenolic OH excluding ortho intramolecular Hbond substituents is 4. The Hall–Kier alpha value is -3.50. The third-order valence-corrected chi connectivity index (χ3v) is 3.63. The van der Waals surface area contributed by atoms with Crippen molar-refractivity contribution in [2.24, 2.45) is 11.5 Å². The maximum Gasteiger partial charge on any atom is 0.320 e. The molecule has 0 aliphatic carbocycles. The zero-order chi connectivity index (χ0) is 21.4. The first kappa shape index (κ1) is 22.5. The Bertz CT molecular complexity index is 771. The summed E-state index contributed by atoms with van der Waals surface area (Å²) >= 11 is 0. The Morgan fingerprint density at radius 3 is 1.25 bits per heavy atom. The van der Waals surface area contributed by atoms with Crippen LogP contribution in [0.4, 0.5) is 0 Å². The summed E-state index contributed by atoms with van der Waals surface area (Å²) in [5.41, 5.74) is 11.7. The number of rotatable bonds is 6. The molecule has 152 valence electrons. The van der Waals surface area contributed by atoms with Crippen LogP contribution < -0.4 is 11.5 Å². The Morgan fingerprint density at radius 2 is 1.00 bits per heavy atom. The highest BCUT2D eigenvalue weighted by atomic mass is 16.4. The number of carboxylic acids is 2. The zero-order valence-corrected chi connectivity index (χ0v) is 14.7. The minimum atomic E-state index is -1.10. The van der Waals surface area contributed by atoms with E-state index in [0.717, 1.165) is 0 Å². The fraction of sp³-hybridized carbons (Fsp3) is 0.222. The van der Waals surface area contributed by atoms with E-state index in [4.69, 9.17) is 42.1 Å². The highest BCUT2D eigenvalue weighted by Gasteiger charge is 2.13. The Labute approximate surface area is 159 Å². The van der Waals surface area contributed by atoms with E-state index in [0.29, 0.717) is 11.1 Å². The van der Waals surface area contributed by atoms with Gasteiger partial charge in [0, 0.05) is 0 Å². The van der Waals surface area contributed by atoms with Crippen molar-refractivity contribution < 1.29 is 40.2 Å². The molecule has 0 amide bonds. The van der Waals surface area contributed by atoms with Gasteiger partial charge in [-0.05, 0) is 48.2 Å². The van der Waals surface area contributed by atoms with Gasteiger partial charge in [-0.3, -0.25) is 9.59 Å². The highest BCUT2D eigenvalue weighted by molar-refractivity contribution is 5.74. The molecule has 0 unspecified atom stereocenters. The first-order chi connectivity index (χ1) is 13.0. The fourth-order valence-corrected chi connectivity index (χ4v) is 2.07. The summed E-state index contributed by atoms with van der Waals surface area (Å²) in [6.45, 7) is 0. The van der Waals surface area contributed by atoms with E-state index in [2.05, 4.69) is 0 Å². The summed E-state index contributed by atoms with van der Waals surface area (Å²) in [6.07, 6.45) is 0.229. The molecule has 0 aliphatic heterocycles. The summed E-state index contributed by atoms with van der Waals surface area (Å²) < 4.78 is 0. The van der Waals surface area contributed by atoms with E-state index in [1.54, 1.807) is 0 Å². The van der Waals surface area contributed by atoms with Crippen molar-refractivity contribution >= 4 is 11.9 Å². The number of phenols is 4. The van der Waals surface area contributed by atoms with Crippen LogP contribution in [0.25, 0.3) is 0 Å². The molecule has 2 aromatic rings. The third kappa shape index (κ3) is 7.02. The summed E-state index contributed by atoms with van der Waals surface area (Å²) in [6, 6.07) is 6.18. The van der Waals surface area contributed by atoms with Crippen LogP contribution in [-0.2, 0) is 22.4 Å². The Morgan fingerprint density at radius 1 is 0.679 bits per heavy atom. The van der Waals surface area contributed by atoms with Crippen molar-refractivity contribution in [3.63, 3.8) is 0 Å². The number of carboxylic acid groups (broad SMARTS) is 2. The lowest BCUT2D eigenvalue weighted by molar-refractivity contribution is -0.139. The number of carbonyl (C=O) groups is 2. The molecule has 0 saturated carbocycles. The molecule has 0 spiro atoms. The summed E-state index contributed by atoms with van der Waals surface area (Å²) in [4.78, 5) is 20.8. The topological polar surface area (TPSA) is 208 Å². The van der Waals surface area contributed by atoms with Gasteiger partial charge in [0.05, 0.1) is 0 Å². The van der Waals surface area contributed by atoms with Gasteiger partial charge in [0.2, 0.25) is 0 Å². The lowest BCUT2D eigenvalue weighted by atomic mass is 10.1. The van der Waals surface area contributed by atoms with Gasteiger partial charge >= 0.3 is 11.9 Å². The monoisotopic (exact) mass is 394 g/mol. The van der Waals surface area contributed by atoms with Crippen LogP contribution in [0.1, 0.15) is 11.1 Å². The van der Waals surface area contributed by atoms with Gasteiger partial charge in [-0.15, -0.1) is 0 Å². The third-order valence-electron chi connectivity index (χ3n) is 3.63. The molecule has 2 rings (SSSR count). The molecule has 2 aromatic carbocycles. The number of aliphatic carboxylic acids is 2. The molecule has 10 heteroatoms. The largest absolute Gasteiger partial charge is 0.504 e. The molecule has 0 saturated heterocycles. The molecule has 28 heavy (non-hydrogen) atoms. The van der Waals surface area contributed by atoms with Crippen molar-refractivity contribution in [1.82, 2.24) is 0 Å². The molecule has 0 fully saturated rings. The van der Waals surface area contributed by atoms with Crippen molar-refractivity contribution in [2.45, 2.75) is 24.9 Å². The van der Waals surface area contributed by atoms with E-state index < -0.39 is 24.0 Å². The van der Waals surface area contributed by atoms with Gasteiger partial charge in [-0.25, -0.2) is 0 Å². The summed E-state index contributed by atoms with van der Waals surface area (Å²) in [5.74, 6) is -3.23. The maximum atomic E-state index is 10.4. The van der Waals surface area contributed by atoms with Crippen molar-refractivity contribution in [3.05, 3.63) is 47.5 Å². The minimum Gasteiger partial charge on any atom is -0.504 e. The zero-order valence-electron chi connectivity index (χ0n) is 14.7. The highest BCUT2D eigenvalue weighted by Crippen LogP contribution is 2.26. The van der Waals surface area contributed by atoms with Crippen molar-refractivity contribution in [3.8, 4) is 23.0 Å². The molecule has 0 bridgehead atoms. The van der Waals surface area contributed by atoms with Gasteiger partial charge in [0.1, 0.15) is 12.1 Å². The van der Waals surface area contributed by atoms with Gasteiger partial charge in [-0.1, -0.05) is 12.1 Å². The van der Waals surface area contributed by atoms with E-state index in [1.807, 2.05) is 0 Å². The van der Waals surface area contributed by atoms with Crippen LogP contribution in [0.3, 0.4) is 0 Å². The number of hydrogen-bond donors (Lipinski definition) is 8. The second-order valence-electron chi connectivity index (χ2n) is 5.94. The molecule has 0 aromatic heterocycles. The minimum absolute atomic E-state index is 0.114. The molecule has 0 radical (unpaired) electrons. The SMILES string of the molecule is N[C@@H](Cc1ccc(O)c(O)c1)C(=O)O.N[C@@H](Cc1ccc(O)c(O)c1)C(=O)O. The number of aromatic hydroxyl groups is 4. The van der Waals surface area contributed by atoms with Crippen LogP contribution in [0.15, 0.2) is 36.4 Å². The van der Waals surface area contributed by atoms with E-state index >= 15 is 0 Å². The van der Waals surface area contributed by atoms with Crippen LogP contribution in [0.5, 0.6) is 23.0 Å². The van der Waals surface area contributed by atoms with Crippen LogP contribution in [0.2, 0.25) is 0 Å². The number of benzene rings is 2. The standard InChI is InChI=1S/2C9H11NO4/c2*10-6(9(13)14)3-5-1-2-7(11)8(12)4-5/h2*1-2,4,6,11-12H,3,10H2,(H,13,14)/t2*6-/m00/s1. The molecule has 0 heterocycles. The van der Waals surface area contributed by atoms with Gasteiger partial charge in [0.25, 0.3) is 0 Å². The van der Waals surface area contributed by atoms with Crippen molar-refractivity contribution in [1.29, 1.82) is 0 Å². The summed E-state index contributed by atoms with van der Waals surface area (Å²) in [5, 5.41) is 53.3. The maximum absolute atomic E-state index is 10.4. The van der Waals surface area contributed by atoms with Gasteiger partial charge in [0.15, 0.2) is 23.0 Å². The second kappa shape index (κ2) is 10.00. The van der Waals surface area contributed by atoms with Crippen LogP contribution >= 0.6 is 0 Å². The van der Waals surface area contributed by atoms with Crippen LogP contribution in [0, 0.1) is 0 Å². The summed E-state index contributed by atoms with van der Waals surface area (Å²) in [7, 11) is 0. The molecular formula is C18H22N2O8. The van der Waals surface area contributed by atoms with E-state index in [1.165, 1.54) is 36.4 Å². The number of hydrogen-bond acceptors (Lipinski definition) is 8. The van der Waals surface area contributed by atoms with Crippen LogP contribution in [-0.4, -0.2) is 54.7 Å². The van der Waals surface area contributed by atoms with Crippen molar-refractivity contribution in [2.75, 3.05) is 0 Å². The Kier molecular flexibility index (Phi) is 8.05. The van der Waals surface area contributed by atoms with Gasteiger partial charge < -0.3 is 42.1 Å². The Balaban J connectivity index is 0.000000280. The molecule has 10 nitrogen and oxygen atoms in total. The number of nitrogens with two attached hydrogens (primary N) is 2. The fourth-order valence-electron chi connectivity index (χ4n) is 2.07. The van der Waals surface area contributed by atoms with Gasteiger partial charge in [-0.2, -0.15) is 0 Å². The molecular weight excluding hydrogens is 372 g/mol. The average Bonchev–Trinajstić information content (AvgIpc) is 2.61. The van der Waals surface area contributed by atoms with E-state index in [9.17, 15) is 9.59 Å². The molecule has 2 atom stereocenters. The normalized spacial score (nSPS) is 12.4. The average molecular weight is 394 g/mol. The second-order valence-corrected chi connectivity index (χ2v) is 5.94. The quantitative estimate of drug-likeness (QED) is 0.310. The van der Waals surface area contributed by atoms with E-state index in [-0.39, 0.29) is 35.8 Å².